The van der Waals surface area contributed by atoms with Crippen molar-refractivity contribution in [3.63, 3.8) is 0 Å². The predicted octanol–water partition coefficient (Wildman–Crippen LogP) is 3.35. The summed E-state index contributed by atoms with van der Waals surface area (Å²) in [6, 6.07) is -1.04. The fraction of sp³-hybridized carbons (Fsp3) is 0.800. The molecular weight excluding hydrogens is 194 g/mol. The highest BCUT2D eigenvalue weighted by atomic mass is 16.2. The summed E-state index contributed by atoms with van der Waals surface area (Å²) in [7, 11) is 0. The van der Waals surface area contributed by atoms with Crippen molar-refractivity contribution < 1.29 is 9.59 Å². The molecule has 1 rings (SSSR count). The highest BCUT2D eigenvalue weighted by Gasteiger charge is 2.26. The van der Waals surface area contributed by atoms with Crippen molar-refractivity contribution in [3.8, 4) is 0 Å². The van der Waals surface area contributed by atoms with Crippen molar-refractivity contribution in [3.05, 3.63) is 0 Å². The molecule has 4 amide bonds. The molecule has 5 heteroatoms. The summed E-state index contributed by atoms with van der Waals surface area (Å²) in [6.07, 6.45) is 6.78. The van der Waals surface area contributed by atoms with Gasteiger partial charge in [0.1, 0.15) is 0 Å². The fourth-order valence-corrected chi connectivity index (χ4v) is 1.52. The van der Waals surface area contributed by atoms with Crippen LogP contribution in [0.2, 0.25) is 0 Å². The van der Waals surface area contributed by atoms with E-state index in [-0.39, 0.29) is 0 Å². The molecule has 0 atom stereocenters. The van der Waals surface area contributed by atoms with E-state index in [2.05, 4.69) is 17.2 Å². The Hall–Kier alpha value is -1.26. The summed E-state index contributed by atoms with van der Waals surface area (Å²) in [5.41, 5.74) is 0. The minimum absolute atomic E-state index is 0.455. The number of carbonyl (C=O) groups excluding carboxylic acids is 2. The van der Waals surface area contributed by atoms with E-state index in [9.17, 15) is 9.59 Å². The van der Waals surface area contributed by atoms with Crippen LogP contribution in [0.1, 0.15) is 45.4 Å². The van der Waals surface area contributed by atoms with E-state index in [1.165, 1.54) is 25.7 Å². The Morgan fingerprint density at radius 1 is 0.933 bits per heavy atom. The van der Waals surface area contributed by atoms with Gasteiger partial charge < -0.3 is 0 Å². The molecule has 15 heavy (non-hydrogen) atoms. The molecule has 0 spiro atoms. The first-order valence-corrected chi connectivity index (χ1v) is 5.53. The number of amides is 4. The zero-order valence-electron chi connectivity index (χ0n) is 9.11. The lowest BCUT2D eigenvalue weighted by Crippen LogP contribution is -2.28. The van der Waals surface area contributed by atoms with Crippen LogP contribution in [-0.2, 0) is 0 Å². The first kappa shape index (κ1) is 11.8. The third-order valence-corrected chi connectivity index (χ3v) is 2.42. The van der Waals surface area contributed by atoms with Crippen LogP contribution in [-0.4, -0.2) is 23.5 Å². The standard InChI is InChI=1S/C10H17N3O2/c1-2-3-4-5-6-7-8-13-9(14)11-12-10(13)15/h2-8H2,1H3. The molecule has 1 aliphatic heterocycles. The highest BCUT2D eigenvalue weighted by molar-refractivity contribution is 5.98. The summed E-state index contributed by atoms with van der Waals surface area (Å²) in [5.74, 6) is 0. The lowest BCUT2D eigenvalue weighted by Gasteiger charge is -2.09. The Labute approximate surface area is 89.5 Å². The lowest BCUT2D eigenvalue weighted by atomic mass is 10.1. The summed E-state index contributed by atoms with van der Waals surface area (Å²) < 4.78 is 0. The summed E-state index contributed by atoms with van der Waals surface area (Å²) in [6.45, 7) is 2.63. The molecule has 84 valence electrons. The van der Waals surface area contributed by atoms with E-state index in [0.717, 1.165) is 17.7 Å². The highest BCUT2D eigenvalue weighted by Crippen LogP contribution is 2.10. The molecule has 0 aromatic carbocycles. The fourth-order valence-electron chi connectivity index (χ4n) is 1.52. The molecule has 0 aromatic heterocycles. The van der Waals surface area contributed by atoms with Gasteiger partial charge in [-0.1, -0.05) is 49.3 Å². The van der Waals surface area contributed by atoms with Crippen molar-refractivity contribution in [2.24, 2.45) is 10.2 Å². The van der Waals surface area contributed by atoms with Crippen molar-refractivity contribution >= 4 is 12.1 Å². The topological polar surface area (TPSA) is 62.1 Å². The minimum atomic E-state index is -0.520. The molecule has 5 nitrogen and oxygen atoms in total. The monoisotopic (exact) mass is 211 g/mol. The number of rotatable bonds is 7. The zero-order chi connectivity index (χ0) is 11.1. The second-order valence-electron chi connectivity index (χ2n) is 3.68. The first-order valence-electron chi connectivity index (χ1n) is 5.53. The van der Waals surface area contributed by atoms with Crippen molar-refractivity contribution in [1.29, 1.82) is 0 Å². The average molecular weight is 211 g/mol. The largest absolute Gasteiger partial charge is 0.370 e. The van der Waals surface area contributed by atoms with Crippen LogP contribution in [0.25, 0.3) is 0 Å². The Morgan fingerprint density at radius 3 is 2.07 bits per heavy atom. The first-order chi connectivity index (χ1) is 7.25. The van der Waals surface area contributed by atoms with E-state index >= 15 is 0 Å². The van der Waals surface area contributed by atoms with Gasteiger partial charge in [0.25, 0.3) is 0 Å². The molecule has 0 unspecified atom stereocenters. The van der Waals surface area contributed by atoms with Crippen LogP contribution in [0.3, 0.4) is 0 Å². The van der Waals surface area contributed by atoms with Crippen molar-refractivity contribution in [1.82, 2.24) is 4.90 Å². The van der Waals surface area contributed by atoms with Gasteiger partial charge in [0.05, 0.1) is 0 Å². The van der Waals surface area contributed by atoms with Gasteiger partial charge in [0, 0.05) is 6.54 Å². The van der Waals surface area contributed by atoms with E-state index in [4.69, 9.17) is 0 Å². The Kier molecular flexibility index (Phi) is 4.93. The Morgan fingerprint density at radius 2 is 1.47 bits per heavy atom. The number of carbonyl (C=O) groups is 2. The minimum Gasteiger partial charge on any atom is -0.244 e. The normalized spacial score (nSPS) is 15.4. The predicted molar refractivity (Wildman–Crippen MR) is 55.7 cm³/mol. The van der Waals surface area contributed by atoms with E-state index in [0.29, 0.717) is 6.54 Å². The molecule has 0 N–H and O–H groups in total. The van der Waals surface area contributed by atoms with E-state index < -0.39 is 12.1 Å². The summed E-state index contributed by atoms with van der Waals surface area (Å²) in [5, 5.41) is 6.38. The average Bonchev–Trinajstić information content (AvgIpc) is 2.54. The van der Waals surface area contributed by atoms with Gasteiger partial charge in [-0.05, 0) is 6.42 Å². The molecule has 0 saturated carbocycles. The molecule has 1 aliphatic rings. The van der Waals surface area contributed by atoms with Gasteiger partial charge in [-0.2, -0.15) is 0 Å². The molecular formula is C10H17N3O2. The van der Waals surface area contributed by atoms with Crippen LogP contribution in [0.4, 0.5) is 9.59 Å². The molecule has 1 heterocycles. The van der Waals surface area contributed by atoms with E-state index in [1.54, 1.807) is 0 Å². The van der Waals surface area contributed by atoms with Gasteiger partial charge in [0.15, 0.2) is 0 Å². The summed E-state index contributed by atoms with van der Waals surface area (Å²) >= 11 is 0. The number of unbranched alkanes of at least 4 members (excludes halogenated alkanes) is 5. The third kappa shape index (κ3) is 3.77. The number of urea groups is 2. The smallest absolute Gasteiger partial charge is 0.244 e. The molecule has 0 bridgehead atoms. The molecule has 0 fully saturated rings. The van der Waals surface area contributed by atoms with Crippen LogP contribution >= 0.6 is 0 Å². The maximum atomic E-state index is 11.0. The van der Waals surface area contributed by atoms with Gasteiger partial charge in [-0.3, -0.25) is 0 Å². The maximum absolute atomic E-state index is 11.0. The molecule has 0 aliphatic carbocycles. The Bertz CT molecular complexity index is 245. The number of hydrogen-bond acceptors (Lipinski definition) is 2. The maximum Gasteiger partial charge on any atom is 0.370 e. The number of hydrogen-bond donors (Lipinski definition) is 0. The van der Waals surface area contributed by atoms with Crippen LogP contribution < -0.4 is 0 Å². The van der Waals surface area contributed by atoms with Gasteiger partial charge in [-0.25, -0.2) is 14.5 Å². The van der Waals surface area contributed by atoms with Crippen molar-refractivity contribution in [2.75, 3.05) is 6.54 Å². The van der Waals surface area contributed by atoms with Gasteiger partial charge in [0.2, 0.25) is 0 Å². The van der Waals surface area contributed by atoms with Crippen LogP contribution in [0, 0.1) is 0 Å². The van der Waals surface area contributed by atoms with Crippen LogP contribution in [0.5, 0.6) is 0 Å². The van der Waals surface area contributed by atoms with Gasteiger partial charge in [-0.15, -0.1) is 0 Å². The summed E-state index contributed by atoms with van der Waals surface area (Å²) in [4.78, 5) is 23.1. The van der Waals surface area contributed by atoms with E-state index in [1.807, 2.05) is 0 Å². The molecule has 0 radical (unpaired) electrons. The van der Waals surface area contributed by atoms with Crippen molar-refractivity contribution in [2.45, 2.75) is 45.4 Å². The second kappa shape index (κ2) is 6.27. The number of azo groups is 1. The van der Waals surface area contributed by atoms with Crippen LogP contribution in [0.15, 0.2) is 10.2 Å². The third-order valence-electron chi connectivity index (χ3n) is 2.42. The van der Waals surface area contributed by atoms with Gasteiger partial charge >= 0.3 is 12.1 Å². The molecule has 0 aromatic rings. The molecule has 0 saturated heterocycles. The zero-order valence-corrected chi connectivity index (χ0v) is 9.11. The second-order valence-corrected chi connectivity index (χ2v) is 3.68. The quantitative estimate of drug-likeness (QED) is 0.606. The Balaban J connectivity index is 2.05. The number of imide groups is 1. The number of nitrogens with zero attached hydrogens (tertiary/aromatic N) is 3. The SMILES string of the molecule is CCCCCCCCN1C(=O)N=NC1=O. The lowest BCUT2D eigenvalue weighted by molar-refractivity contribution is 0.204.